The molecule has 0 fully saturated rings. The van der Waals surface area contributed by atoms with E-state index in [1.54, 1.807) is 25.3 Å². The maximum atomic E-state index is 12.3. The highest BCUT2D eigenvalue weighted by Gasteiger charge is 2.14. The van der Waals surface area contributed by atoms with Gasteiger partial charge < -0.3 is 14.6 Å². The summed E-state index contributed by atoms with van der Waals surface area (Å²) in [7, 11) is 1.67. The number of amides is 1. The molecule has 0 bridgehead atoms. The molecule has 2 aromatic carbocycles. The number of halogens is 1. The molecule has 1 amide bonds. The second-order valence-electron chi connectivity index (χ2n) is 5.78. The monoisotopic (exact) mass is 401 g/mol. The van der Waals surface area contributed by atoms with Crippen molar-refractivity contribution in [2.75, 3.05) is 24.8 Å². The normalized spacial score (nSPS) is 10.7. The van der Waals surface area contributed by atoms with Crippen molar-refractivity contribution in [1.29, 1.82) is 0 Å². The quantitative estimate of drug-likeness (QED) is 0.561. The number of carbonyl (C=O) groups is 1. The molecular weight excluding hydrogens is 382 g/mol. The average Bonchev–Trinajstić information content (AvgIpc) is 3.08. The summed E-state index contributed by atoms with van der Waals surface area (Å²) in [5.41, 5.74) is 2.77. The Kier molecular flexibility index (Phi) is 6.92. The number of imidazole rings is 1. The van der Waals surface area contributed by atoms with Crippen LogP contribution in [0.3, 0.4) is 0 Å². The number of benzene rings is 2. The third-order valence-corrected chi connectivity index (χ3v) is 5.07. The summed E-state index contributed by atoms with van der Waals surface area (Å²) in [4.78, 5) is 16.8. The van der Waals surface area contributed by atoms with Gasteiger partial charge in [-0.05, 0) is 23.8 Å². The van der Waals surface area contributed by atoms with E-state index in [4.69, 9.17) is 16.3 Å². The number of nitrogens with zero attached hydrogens (tertiary/aromatic N) is 2. The maximum Gasteiger partial charge on any atom is 0.234 e. The summed E-state index contributed by atoms with van der Waals surface area (Å²) in [6.45, 7) is 1.23. The first-order valence-electron chi connectivity index (χ1n) is 8.45. The van der Waals surface area contributed by atoms with Gasteiger partial charge in [0.1, 0.15) is 0 Å². The van der Waals surface area contributed by atoms with Gasteiger partial charge in [0.2, 0.25) is 5.91 Å². The van der Waals surface area contributed by atoms with Gasteiger partial charge in [-0.15, -0.1) is 0 Å². The van der Waals surface area contributed by atoms with Crippen LogP contribution < -0.4 is 5.32 Å². The molecule has 140 valence electrons. The predicted molar refractivity (Wildman–Crippen MR) is 110 cm³/mol. The predicted octanol–water partition coefficient (Wildman–Crippen LogP) is 4.58. The molecule has 1 aromatic heterocycles. The van der Waals surface area contributed by atoms with Crippen molar-refractivity contribution in [2.45, 2.75) is 11.7 Å². The fraction of sp³-hybridized carbons (Fsp3) is 0.200. The molecule has 1 heterocycles. The van der Waals surface area contributed by atoms with Crippen LogP contribution >= 0.6 is 23.4 Å². The Hall–Kier alpha value is -2.28. The third kappa shape index (κ3) is 5.35. The summed E-state index contributed by atoms with van der Waals surface area (Å²) in [6, 6.07) is 17.1. The highest BCUT2D eigenvalue weighted by molar-refractivity contribution is 7.99. The minimum Gasteiger partial charge on any atom is -0.383 e. The Labute approximate surface area is 167 Å². The van der Waals surface area contributed by atoms with Crippen LogP contribution in [-0.2, 0) is 16.1 Å². The molecule has 0 aliphatic heterocycles. The number of methoxy groups -OCH3 is 1. The minimum absolute atomic E-state index is 0.107. The Morgan fingerprint density at radius 3 is 2.78 bits per heavy atom. The van der Waals surface area contributed by atoms with Gasteiger partial charge in [-0.3, -0.25) is 4.79 Å². The molecule has 0 saturated heterocycles. The van der Waals surface area contributed by atoms with E-state index in [1.165, 1.54) is 11.8 Å². The average molecular weight is 402 g/mol. The highest BCUT2D eigenvalue weighted by Crippen LogP contribution is 2.26. The lowest BCUT2D eigenvalue weighted by atomic mass is 10.2. The summed E-state index contributed by atoms with van der Waals surface area (Å²) in [5.74, 6) is 0.148. The summed E-state index contributed by atoms with van der Waals surface area (Å²) in [6.07, 6.45) is 1.84. The zero-order chi connectivity index (χ0) is 19.1. The fourth-order valence-electron chi connectivity index (χ4n) is 2.61. The number of aromatic nitrogens is 2. The van der Waals surface area contributed by atoms with E-state index in [1.807, 2.05) is 42.6 Å². The SMILES string of the molecule is COCCn1c(-c2ccccc2)cnc1SCC(=O)Nc1cccc(Cl)c1. The van der Waals surface area contributed by atoms with Crippen molar-refractivity contribution >= 4 is 35.0 Å². The molecule has 5 nitrogen and oxygen atoms in total. The maximum absolute atomic E-state index is 12.3. The van der Waals surface area contributed by atoms with Gasteiger partial charge in [-0.2, -0.15) is 0 Å². The van der Waals surface area contributed by atoms with Crippen LogP contribution in [0.25, 0.3) is 11.3 Å². The smallest absolute Gasteiger partial charge is 0.234 e. The zero-order valence-corrected chi connectivity index (χ0v) is 16.5. The van der Waals surface area contributed by atoms with E-state index < -0.39 is 0 Å². The molecule has 7 heteroatoms. The van der Waals surface area contributed by atoms with E-state index in [0.717, 1.165) is 16.4 Å². The number of hydrogen-bond acceptors (Lipinski definition) is 4. The summed E-state index contributed by atoms with van der Waals surface area (Å²) in [5, 5.41) is 4.22. The van der Waals surface area contributed by atoms with Crippen LogP contribution in [0.1, 0.15) is 0 Å². The Morgan fingerprint density at radius 2 is 2.04 bits per heavy atom. The van der Waals surface area contributed by atoms with Gasteiger partial charge >= 0.3 is 0 Å². The minimum atomic E-state index is -0.107. The summed E-state index contributed by atoms with van der Waals surface area (Å²) < 4.78 is 7.31. The van der Waals surface area contributed by atoms with Crippen LogP contribution in [0.2, 0.25) is 5.02 Å². The molecule has 0 spiro atoms. The first-order chi connectivity index (χ1) is 13.2. The first-order valence-corrected chi connectivity index (χ1v) is 9.82. The lowest BCUT2D eigenvalue weighted by molar-refractivity contribution is -0.113. The molecule has 3 aromatic rings. The second kappa shape index (κ2) is 9.60. The molecule has 27 heavy (non-hydrogen) atoms. The van der Waals surface area contributed by atoms with Crippen molar-refractivity contribution in [3.05, 3.63) is 65.8 Å². The van der Waals surface area contributed by atoms with Gasteiger partial charge in [0, 0.05) is 24.4 Å². The molecule has 3 rings (SSSR count). The van der Waals surface area contributed by atoms with Crippen molar-refractivity contribution in [2.24, 2.45) is 0 Å². The molecular formula is C20H20ClN3O2S. The number of rotatable bonds is 8. The van der Waals surface area contributed by atoms with Crippen LogP contribution in [0, 0.1) is 0 Å². The van der Waals surface area contributed by atoms with Crippen molar-refractivity contribution < 1.29 is 9.53 Å². The second-order valence-corrected chi connectivity index (χ2v) is 7.16. The van der Waals surface area contributed by atoms with Crippen molar-refractivity contribution in [3.63, 3.8) is 0 Å². The number of carbonyl (C=O) groups excluding carboxylic acids is 1. The van der Waals surface area contributed by atoms with E-state index in [0.29, 0.717) is 23.9 Å². The topological polar surface area (TPSA) is 56.2 Å². The molecule has 0 unspecified atom stereocenters. The standard InChI is InChI=1S/C20H20ClN3O2S/c1-26-11-10-24-18(15-6-3-2-4-7-15)13-22-20(24)27-14-19(25)23-17-9-5-8-16(21)12-17/h2-9,12-13H,10-11,14H2,1H3,(H,23,25). The lowest BCUT2D eigenvalue weighted by Crippen LogP contribution is -2.15. The number of nitrogens with one attached hydrogen (secondary N) is 1. The number of thioether (sulfide) groups is 1. The van der Waals surface area contributed by atoms with Gasteiger partial charge in [-0.25, -0.2) is 4.98 Å². The molecule has 0 atom stereocenters. The first kappa shape index (κ1) is 19.5. The van der Waals surface area contributed by atoms with Gasteiger partial charge in [-0.1, -0.05) is 59.8 Å². The third-order valence-electron chi connectivity index (χ3n) is 3.85. The van der Waals surface area contributed by atoms with E-state index in [2.05, 4.69) is 14.9 Å². The molecule has 0 radical (unpaired) electrons. The van der Waals surface area contributed by atoms with Crippen LogP contribution in [0.4, 0.5) is 5.69 Å². The largest absolute Gasteiger partial charge is 0.383 e. The highest BCUT2D eigenvalue weighted by atomic mass is 35.5. The van der Waals surface area contributed by atoms with E-state index in [9.17, 15) is 4.79 Å². The Balaban J connectivity index is 1.70. The van der Waals surface area contributed by atoms with E-state index in [-0.39, 0.29) is 11.7 Å². The Morgan fingerprint density at radius 1 is 1.22 bits per heavy atom. The van der Waals surface area contributed by atoms with Gasteiger partial charge in [0.25, 0.3) is 0 Å². The summed E-state index contributed by atoms with van der Waals surface area (Å²) >= 11 is 7.35. The Bertz CT molecular complexity index is 899. The van der Waals surface area contributed by atoms with E-state index >= 15 is 0 Å². The van der Waals surface area contributed by atoms with Crippen LogP contribution in [0.15, 0.2) is 66.0 Å². The van der Waals surface area contributed by atoms with Crippen molar-refractivity contribution in [3.8, 4) is 11.3 Å². The zero-order valence-electron chi connectivity index (χ0n) is 14.9. The fourth-order valence-corrected chi connectivity index (χ4v) is 3.60. The molecule has 0 saturated carbocycles. The molecule has 0 aliphatic rings. The van der Waals surface area contributed by atoms with Crippen LogP contribution in [-0.4, -0.2) is 34.9 Å². The van der Waals surface area contributed by atoms with Gasteiger partial charge in [0.15, 0.2) is 5.16 Å². The van der Waals surface area contributed by atoms with Crippen molar-refractivity contribution in [1.82, 2.24) is 9.55 Å². The number of ether oxygens (including phenoxy) is 1. The number of hydrogen-bond donors (Lipinski definition) is 1. The molecule has 1 N–H and O–H groups in total. The number of anilines is 1. The lowest BCUT2D eigenvalue weighted by Gasteiger charge is -2.11. The van der Waals surface area contributed by atoms with Gasteiger partial charge in [0.05, 0.1) is 24.3 Å². The van der Waals surface area contributed by atoms with Crippen LogP contribution in [0.5, 0.6) is 0 Å². The molecule has 0 aliphatic carbocycles.